The van der Waals surface area contributed by atoms with Crippen molar-refractivity contribution in [1.29, 1.82) is 0 Å². The zero-order valence-corrected chi connectivity index (χ0v) is 14.7. The normalized spacial score (nSPS) is 15.6. The molecule has 0 unspecified atom stereocenters. The average molecular weight is 347 g/mol. The molecule has 0 saturated heterocycles. The lowest BCUT2D eigenvalue weighted by Crippen LogP contribution is -2.36. The monoisotopic (exact) mass is 347 g/mol. The molecule has 7 heteroatoms. The first-order chi connectivity index (χ1) is 12.1. The SMILES string of the molecule is Cc1cc(C)n(C[C@@H](O)CN(CC2=COCCO2)Cc2ccco2)n1. The number of hydrogen-bond acceptors (Lipinski definition) is 6. The largest absolute Gasteiger partial charge is 0.494 e. The highest BCUT2D eigenvalue weighted by molar-refractivity contribution is 5.06. The summed E-state index contributed by atoms with van der Waals surface area (Å²) in [5, 5.41) is 15.0. The van der Waals surface area contributed by atoms with Gasteiger partial charge in [-0.05, 0) is 32.0 Å². The number of aromatic nitrogens is 2. The number of rotatable bonds is 8. The highest BCUT2D eigenvalue weighted by Gasteiger charge is 2.18. The van der Waals surface area contributed by atoms with Crippen molar-refractivity contribution >= 4 is 0 Å². The van der Waals surface area contributed by atoms with Crippen LogP contribution in [0.2, 0.25) is 0 Å². The topological polar surface area (TPSA) is 72.9 Å². The third kappa shape index (κ3) is 5.11. The molecule has 1 aliphatic heterocycles. The first-order valence-corrected chi connectivity index (χ1v) is 8.47. The van der Waals surface area contributed by atoms with Crippen molar-refractivity contribution in [3.8, 4) is 0 Å². The summed E-state index contributed by atoms with van der Waals surface area (Å²) in [4.78, 5) is 2.08. The molecule has 0 saturated carbocycles. The number of aliphatic hydroxyl groups is 1. The lowest BCUT2D eigenvalue weighted by molar-refractivity contribution is 0.0506. The van der Waals surface area contributed by atoms with Crippen LogP contribution in [0.25, 0.3) is 0 Å². The molecule has 0 bridgehead atoms. The van der Waals surface area contributed by atoms with E-state index in [0.717, 1.165) is 22.9 Å². The maximum Gasteiger partial charge on any atom is 0.144 e. The van der Waals surface area contributed by atoms with Crippen LogP contribution in [0.3, 0.4) is 0 Å². The molecule has 2 aromatic heterocycles. The molecule has 1 atom stereocenters. The maximum atomic E-state index is 10.5. The summed E-state index contributed by atoms with van der Waals surface area (Å²) in [6.07, 6.45) is 2.74. The van der Waals surface area contributed by atoms with Crippen LogP contribution in [0.15, 0.2) is 40.9 Å². The second kappa shape index (κ2) is 8.22. The maximum absolute atomic E-state index is 10.5. The molecule has 0 spiro atoms. The van der Waals surface area contributed by atoms with Crippen molar-refractivity contribution in [1.82, 2.24) is 14.7 Å². The summed E-state index contributed by atoms with van der Waals surface area (Å²) >= 11 is 0. The zero-order chi connectivity index (χ0) is 17.6. The predicted octanol–water partition coefficient (Wildman–Crippen LogP) is 1.84. The van der Waals surface area contributed by atoms with Gasteiger partial charge in [0, 0.05) is 12.2 Å². The van der Waals surface area contributed by atoms with Crippen molar-refractivity contribution in [3.05, 3.63) is 53.6 Å². The van der Waals surface area contributed by atoms with E-state index < -0.39 is 6.10 Å². The van der Waals surface area contributed by atoms with E-state index in [9.17, 15) is 5.11 Å². The van der Waals surface area contributed by atoms with Crippen LogP contribution < -0.4 is 0 Å². The number of ether oxygens (including phenoxy) is 2. The molecule has 2 aromatic rings. The number of aliphatic hydroxyl groups excluding tert-OH is 1. The molecule has 1 aliphatic rings. The highest BCUT2D eigenvalue weighted by atomic mass is 16.6. The Morgan fingerprint density at radius 2 is 2.20 bits per heavy atom. The minimum atomic E-state index is -0.557. The minimum Gasteiger partial charge on any atom is -0.494 e. The highest BCUT2D eigenvalue weighted by Crippen LogP contribution is 2.13. The molecule has 136 valence electrons. The van der Waals surface area contributed by atoms with E-state index in [1.54, 1.807) is 12.5 Å². The average Bonchev–Trinajstić information content (AvgIpc) is 3.18. The van der Waals surface area contributed by atoms with E-state index in [-0.39, 0.29) is 0 Å². The first kappa shape index (κ1) is 17.6. The smallest absolute Gasteiger partial charge is 0.144 e. The second-order valence-electron chi connectivity index (χ2n) is 6.32. The van der Waals surface area contributed by atoms with E-state index in [4.69, 9.17) is 13.9 Å². The van der Waals surface area contributed by atoms with Crippen molar-refractivity contribution in [2.75, 3.05) is 26.3 Å². The third-order valence-electron chi connectivity index (χ3n) is 4.00. The predicted molar refractivity (Wildman–Crippen MR) is 91.7 cm³/mol. The number of hydrogen-bond donors (Lipinski definition) is 1. The Morgan fingerprint density at radius 1 is 1.32 bits per heavy atom. The quantitative estimate of drug-likeness (QED) is 0.786. The molecule has 0 aromatic carbocycles. The Labute approximate surface area is 147 Å². The van der Waals surface area contributed by atoms with Gasteiger partial charge in [-0.3, -0.25) is 9.58 Å². The molecule has 7 nitrogen and oxygen atoms in total. The summed E-state index contributed by atoms with van der Waals surface area (Å²) in [7, 11) is 0. The van der Waals surface area contributed by atoms with Gasteiger partial charge in [0.15, 0.2) is 0 Å². The summed E-state index contributed by atoms with van der Waals surface area (Å²) in [5.41, 5.74) is 2.00. The summed E-state index contributed by atoms with van der Waals surface area (Å²) < 4.78 is 18.2. The fraction of sp³-hybridized carbons (Fsp3) is 0.500. The van der Waals surface area contributed by atoms with Gasteiger partial charge in [-0.2, -0.15) is 5.10 Å². The Balaban J connectivity index is 1.63. The summed E-state index contributed by atoms with van der Waals surface area (Å²) in [6.45, 7) is 7.12. The van der Waals surface area contributed by atoms with E-state index >= 15 is 0 Å². The van der Waals surface area contributed by atoms with Crippen LogP contribution in [0.5, 0.6) is 0 Å². The van der Waals surface area contributed by atoms with Gasteiger partial charge < -0.3 is 19.0 Å². The van der Waals surface area contributed by atoms with E-state index in [2.05, 4.69) is 10.00 Å². The van der Waals surface area contributed by atoms with Crippen LogP contribution >= 0.6 is 0 Å². The van der Waals surface area contributed by atoms with Gasteiger partial charge in [0.1, 0.15) is 31.0 Å². The molecular formula is C18H25N3O4. The summed E-state index contributed by atoms with van der Waals surface area (Å²) in [5.74, 6) is 1.60. The third-order valence-corrected chi connectivity index (χ3v) is 4.00. The van der Waals surface area contributed by atoms with Crippen molar-refractivity contribution in [2.45, 2.75) is 33.0 Å². The fourth-order valence-corrected chi connectivity index (χ4v) is 2.93. The van der Waals surface area contributed by atoms with Gasteiger partial charge in [0.25, 0.3) is 0 Å². The van der Waals surface area contributed by atoms with Gasteiger partial charge >= 0.3 is 0 Å². The lowest BCUT2D eigenvalue weighted by Gasteiger charge is -2.26. The van der Waals surface area contributed by atoms with Crippen molar-refractivity contribution in [3.63, 3.8) is 0 Å². The second-order valence-corrected chi connectivity index (χ2v) is 6.32. The molecule has 0 aliphatic carbocycles. The number of furan rings is 1. The zero-order valence-electron chi connectivity index (χ0n) is 14.7. The Kier molecular flexibility index (Phi) is 5.78. The Morgan fingerprint density at radius 3 is 2.84 bits per heavy atom. The van der Waals surface area contributed by atoms with Gasteiger partial charge in [0.2, 0.25) is 0 Å². The van der Waals surface area contributed by atoms with Crippen LogP contribution in [0.1, 0.15) is 17.1 Å². The first-order valence-electron chi connectivity index (χ1n) is 8.47. The molecule has 3 rings (SSSR count). The molecule has 1 N–H and O–H groups in total. The number of aryl methyl sites for hydroxylation is 2. The molecule has 3 heterocycles. The minimum absolute atomic E-state index is 0.449. The van der Waals surface area contributed by atoms with Gasteiger partial charge in [0.05, 0.1) is 37.7 Å². The molecule has 0 amide bonds. The van der Waals surface area contributed by atoms with Gasteiger partial charge in [-0.15, -0.1) is 0 Å². The molecular weight excluding hydrogens is 322 g/mol. The van der Waals surface area contributed by atoms with Crippen LogP contribution in [-0.4, -0.2) is 52.2 Å². The van der Waals surface area contributed by atoms with Crippen LogP contribution in [-0.2, 0) is 22.6 Å². The van der Waals surface area contributed by atoms with Crippen LogP contribution in [0.4, 0.5) is 0 Å². The van der Waals surface area contributed by atoms with E-state index in [1.807, 2.05) is 36.7 Å². The van der Waals surface area contributed by atoms with Crippen LogP contribution in [0, 0.1) is 13.8 Å². The fourth-order valence-electron chi connectivity index (χ4n) is 2.93. The molecule has 25 heavy (non-hydrogen) atoms. The van der Waals surface area contributed by atoms with Gasteiger partial charge in [-0.25, -0.2) is 0 Å². The van der Waals surface area contributed by atoms with E-state index in [0.29, 0.717) is 39.4 Å². The van der Waals surface area contributed by atoms with Gasteiger partial charge in [-0.1, -0.05) is 0 Å². The number of nitrogens with zero attached hydrogens (tertiary/aromatic N) is 3. The molecule has 0 radical (unpaired) electrons. The summed E-state index contributed by atoms with van der Waals surface area (Å²) in [6, 6.07) is 5.79. The Hall–Kier alpha value is -2.25. The van der Waals surface area contributed by atoms with Crippen molar-refractivity contribution < 1.29 is 19.0 Å². The Bertz CT molecular complexity index is 693. The standard InChI is InChI=1S/C18H25N3O4/c1-14-8-15(2)21(19-14)10-16(22)9-20(11-17-4-3-5-24-17)12-18-13-23-6-7-25-18/h3-5,8,13,16,22H,6-7,9-12H2,1-2H3/t16-/m0/s1. The van der Waals surface area contributed by atoms with Crippen molar-refractivity contribution in [2.24, 2.45) is 0 Å². The molecule has 0 fully saturated rings. The lowest BCUT2D eigenvalue weighted by atomic mass is 10.2. The van der Waals surface area contributed by atoms with E-state index in [1.165, 1.54) is 0 Å².